The van der Waals surface area contributed by atoms with Crippen LogP contribution in [-0.4, -0.2) is 41.0 Å². The Morgan fingerprint density at radius 3 is 2.41 bits per heavy atom. The molecule has 6 heteroatoms. The average Bonchev–Trinajstić information content (AvgIpc) is 2.48. The summed E-state index contributed by atoms with van der Waals surface area (Å²) in [6.45, 7) is 5.03. The lowest BCUT2D eigenvalue weighted by molar-refractivity contribution is 0.243. The first kappa shape index (κ1) is 16.2. The Hall–Kier alpha value is -2.21. The standard InChI is InChI=1S/C16H24N6/c1-11-8-6-7-9-13(11)10-22(5)12(2)14-18-15(17)20-16(19-14)21(3)4/h6-9,12H,10H2,1-5H3,(H2,17,18,19,20)/t12-/m0/s1. The van der Waals surface area contributed by atoms with Crippen molar-refractivity contribution in [3.63, 3.8) is 0 Å². The van der Waals surface area contributed by atoms with E-state index in [0.29, 0.717) is 11.8 Å². The summed E-state index contributed by atoms with van der Waals surface area (Å²) in [5.74, 6) is 1.52. The maximum absolute atomic E-state index is 5.80. The maximum Gasteiger partial charge on any atom is 0.229 e. The van der Waals surface area contributed by atoms with E-state index in [1.54, 1.807) is 0 Å². The number of nitrogens with two attached hydrogens (primary N) is 1. The third-order valence-corrected chi connectivity index (χ3v) is 3.77. The van der Waals surface area contributed by atoms with E-state index >= 15 is 0 Å². The van der Waals surface area contributed by atoms with Crippen LogP contribution in [0.15, 0.2) is 24.3 Å². The number of nitrogen functional groups attached to an aromatic ring is 1. The van der Waals surface area contributed by atoms with E-state index in [1.807, 2.05) is 19.0 Å². The van der Waals surface area contributed by atoms with Gasteiger partial charge in [0.1, 0.15) is 0 Å². The van der Waals surface area contributed by atoms with Crippen molar-refractivity contribution in [2.24, 2.45) is 0 Å². The predicted octanol–water partition coefficient (Wildman–Crippen LogP) is 2.02. The highest BCUT2D eigenvalue weighted by Gasteiger charge is 2.18. The number of nitrogens with zero attached hydrogens (tertiary/aromatic N) is 5. The van der Waals surface area contributed by atoms with Gasteiger partial charge in [-0.25, -0.2) is 0 Å². The molecule has 1 aromatic carbocycles. The summed E-state index contributed by atoms with van der Waals surface area (Å²) in [4.78, 5) is 17.0. The third kappa shape index (κ3) is 3.71. The van der Waals surface area contributed by atoms with Crippen molar-refractivity contribution in [1.82, 2.24) is 19.9 Å². The Morgan fingerprint density at radius 2 is 1.77 bits per heavy atom. The van der Waals surface area contributed by atoms with Crippen molar-refractivity contribution in [2.45, 2.75) is 26.4 Å². The van der Waals surface area contributed by atoms with Gasteiger partial charge in [-0.1, -0.05) is 24.3 Å². The number of hydrogen-bond donors (Lipinski definition) is 1. The summed E-state index contributed by atoms with van der Waals surface area (Å²) < 4.78 is 0. The molecule has 0 spiro atoms. The van der Waals surface area contributed by atoms with Gasteiger partial charge in [-0.2, -0.15) is 15.0 Å². The van der Waals surface area contributed by atoms with Crippen LogP contribution in [0.5, 0.6) is 0 Å². The highest BCUT2D eigenvalue weighted by Crippen LogP contribution is 2.20. The maximum atomic E-state index is 5.80. The van der Waals surface area contributed by atoms with Crippen molar-refractivity contribution in [3.05, 3.63) is 41.2 Å². The minimum atomic E-state index is 0.0450. The van der Waals surface area contributed by atoms with Crippen molar-refractivity contribution in [2.75, 3.05) is 31.8 Å². The van der Waals surface area contributed by atoms with E-state index in [2.05, 4.69) is 65.0 Å². The van der Waals surface area contributed by atoms with Gasteiger partial charge in [-0.15, -0.1) is 0 Å². The molecular weight excluding hydrogens is 276 g/mol. The smallest absolute Gasteiger partial charge is 0.229 e. The van der Waals surface area contributed by atoms with E-state index in [1.165, 1.54) is 11.1 Å². The monoisotopic (exact) mass is 300 g/mol. The quantitative estimate of drug-likeness (QED) is 0.911. The summed E-state index contributed by atoms with van der Waals surface area (Å²) in [6.07, 6.45) is 0. The van der Waals surface area contributed by atoms with Gasteiger partial charge in [-0.3, -0.25) is 4.90 Å². The van der Waals surface area contributed by atoms with Crippen LogP contribution in [0, 0.1) is 6.92 Å². The summed E-state index contributed by atoms with van der Waals surface area (Å²) in [7, 11) is 5.84. The zero-order valence-electron chi connectivity index (χ0n) is 13.9. The molecule has 0 aliphatic heterocycles. The summed E-state index contributed by atoms with van der Waals surface area (Å²) >= 11 is 0. The SMILES string of the molecule is Cc1ccccc1CN(C)[C@@H](C)c1nc(N)nc(N(C)C)n1. The van der Waals surface area contributed by atoms with Crippen LogP contribution in [0.1, 0.15) is 29.9 Å². The zero-order valence-corrected chi connectivity index (χ0v) is 13.9. The van der Waals surface area contributed by atoms with Crippen LogP contribution in [0.4, 0.5) is 11.9 Å². The highest BCUT2D eigenvalue weighted by atomic mass is 15.3. The molecule has 2 aromatic rings. The molecule has 0 amide bonds. The first-order valence-corrected chi connectivity index (χ1v) is 7.32. The van der Waals surface area contributed by atoms with Gasteiger partial charge >= 0.3 is 0 Å². The van der Waals surface area contributed by atoms with Gasteiger partial charge in [0, 0.05) is 20.6 Å². The second kappa shape index (κ2) is 6.70. The number of benzene rings is 1. The zero-order chi connectivity index (χ0) is 16.3. The summed E-state index contributed by atoms with van der Waals surface area (Å²) in [5.41, 5.74) is 8.39. The van der Waals surface area contributed by atoms with E-state index in [4.69, 9.17) is 5.73 Å². The van der Waals surface area contributed by atoms with Gasteiger partial charge in [-0.05, 0) is 32.0 Å². The van der Waals surface area contributed by atoms with Crippen molar-refractivity contribution in [3.8, 4) is 0 Å². The van der Waals surface area contributed by atoms with E-state index in [9.17, 15) is 0 Å². The first-order chi connectivity index (χ1) is 10.4. The Morgan fingerprint density at radius 1 is 1.09 bits per heavy atom. The fourth-order valence-electron chi connectivity index (χ4n) is 2.17. The molecule has 118 valence electrons. The number of hydrogen-bond acceptors (Lipinski definition) is 6. The normalized spacial score (nSPS) is 12.5. The molecule has 0 radical (unpaired) electrons. The number of aryl methyl sites for hydroxylation is 1. The molecule has 0 unspecified atom stereocenters. The molecule has 0 fully saturated rings. The molecule has 6 nitrogen and oxygen atoms in total. The van der Waals surface area contributed by atoms with Crippen LogP contribution in [0.25, 0.3) is 0 Å². The third-order valence-electron chi connectivity index (χ3n) is 3.77. The van der Waals surface area contributed by atoms with Gasteiger partial charge in [0.25, 0.3) is 0 Å². The number of anilines is 2. The molecule has 0 bridgehead atoms. The lowest BCUT2D eigenvalue weighted by atomic mass is 10.1. The summed E-state index contributed by atoms with van der Waals surface area (Å²) in [5, 5.41) is 0. The van der Waals surface area contributed by atoms with Gasteiger partial charge in [0.05, 0.1) is 6.04 Å². The lowest BCUT2D eigenvalue weighted by Crippen LogP contribution is -2.26. The average molecular weight is 300 g/mol. The van der Waals surface area contributed by atoms with Gasteiger partial charge < -0.3 is 10.6 Å². The highest BCUT2D eigenvalue weighted by molar-refractivity contribution is 5.33. The second-order valence-corrected chi connectivity index (χ2v) is 5.76. The molecule has 0 aliphatic carbocycles. The molecule has 0 saturated carbocycles. The van der Waals surface area contributed by atoms with Crippen LogP contribution in [0.3, 0.4) is 0 Å². The Bertz CT molecular complexity index is 640. The van der Waals surface area contributed by atoms with Gasteiger partial charge in [0.2, 0.25) is 11.9 Å². The summed E-state index contributed by atoms with van der Waals surface area (Å²) in [6, 6.07) is 8.43. The Labute approximate surface area is 132 Å². The minimum Gasteiger partial charge on any atom is -0.368 e. The Balaban J connectivity index is 2.20. The molecule has 22 heavy (non-hydrogen) atoms. The lowest BCUT2D eigenvalue weighted by Gasteiger charge is -2.25. The van der Waals surface area contributed by atoms with Crippen molar-refractivity contribution < 1.29 is 0 Å². The molecule has 0 saturated heterocycles. The number of aromatic nitrogens is 3. The molecule has 2 N–H and O–H groups in total. The molecule has 1 heterocycles. The van der Waals surface area contributed by atoms with E-state index in [0.717, 1.165) is 6.54 Å². The fourth-order valence-corrected chi connectivity index (χ4v) is 2.17. The minimum absolute atomic E-state index is 0.0450. The van der Waals surface area contributed by atoms with E-state index in [-0.39, 0.29) is 12.0 Å². The predicted molar refractivity (Wildman–Crippen MR) is 89.6 cm³/mol. The van der Waals surface area contributed by atoms with E-state index < -0.39 is 0 Å². The Kier molecular flexibility index (Phi) is 4.92. The van der Waals surface area contributed by atoms with Crippen molar-refractivity contribution >= 4 is 11.9 Å². The molecular formula is C16H24N6. The van der Waals surface area contributed by atoms with Crippen LogP contribution in [0.2, 0.25) is 0 Å². The fraction of sp³-hybridized carbons (Fsp3) is 0.438. The van der Waals surface area contributed by atoms with Crippen molar-refractivity contribution in [1.29, 1.82) is 0 Å². The largest absolute Gasteiger partial charge is 0.368 e. The molecule has 1 aromatic heterocycles. The molecule has 2 rings (SSSR count). The van der Waals surface area contributed by atoms with Crippen LogP contribution >= 0.6 is 0 Å². The second-order valence-electron chi connectivity index (χ2n) is 5.76. The van der Waals surface area contributed by atoms with Crippen LogP contribution < -0.4 is 10.6 Å². The topological polar surface area (TPSA) is 71.2 Å². The van der Waals surface area contributed by atoms with Gasteiger partial charge in [0.15, 0.2) is 5.82 Å². The number of rotatable bonds is 5. The van der Waals surface area contributed by atoms with Crippen LogP contribution in [-0.2, 0) is 6.54 Å². The first-order valence-electron chi connectivity index (χ1n) is 7.32. The molecule has 1 atom stereocenters. The molecule has 0 aliphatic rings.